The Labute approximate surface area is 185 Å². The van der Waals surface area contributed by atoms with E-state index in [2.05, 4.69) is 15.3 Å². The number of aliphatic imine (C=N–C) groups is 2. The molecule has 0 fully saturated rings. The highest BCUT2D eigenvalue weighted by atomic mass is 32.2. The monoisotopic (exact) mass is 458 g/mol. The summed E-state index contributed by atoms with van der Waals surface area (Å²) in [6, 6.07) is 8.64. The van der Waals surface area contributed by atoms with Gasteiger partial charge in [0, 0.05) is 5.69 Å². The maximum Gasteiger partial charge on any atom is 0.445 e. The van der Waals surface area contributed by atoms with Crippen LogP contribution in [0, 0.1) is 11.7 Å². The highest BCUT2D eigenvalue weighted by Crippen LogP contribution is 2.27. The number of carbonyl (C=O) groups excluding carboxylic acids is 3. The van der Waals surface area contributed by atoms with Gasteiger partial charge in [-0.3, -0.25) is 9.59 Å². The van der Waals surface area contributed by atoms with Crippen LogP contribution >= 0.6 is 23.1 Å². The molecule has 1 unspecified atom stereocenters. The number of fused-ring (bicyclic) bond motifs is 1. The molecule has 0 spiro atoms. The Bertz CT molecular complexity index is 1160. The summed E-state index contributed by atoms with van der Waals surface area (Å²) < 4.78 is 14.4. The molecule has 4 rings (SSSR count). The van der Waals surface area contributed by atoms with Gasteiger partial charge in [-0.1, -0.05) is 22.8 Å². The van der Waals surface area contributed by atoms with E-state index in [-0.39, 0.29) is 17.5 Å². The lowest BCUT2D eigenvalue weighted by atomic mass is 10.0. The normalized spacial score (nSPS) is 18.5. The van der Waals surface area contributed by atoms with Gasteiger partial charge in [-0.25, -0.2) is 14.2 Å². The minimum absolute atomic E-state index is 0.0215. The quantitative estimate of drug-likeness (QED) is 0.713. The van der Waals surface area contributed by atoms with E-state index in [1.54, 1.807) is 7.05 Å². The average molecular weight is 459 g/mol. The summed E-state index contributed by atoms with van der Waals surface area (Å²) in [5, 5.41) is 4.94. The second-order valence-electron chi connectivity index (χ2n) is 6.74. The van der Waals surface area contributed by atoms with E-state index in [1.165, 1.54) is 47.2 Å². The molecule has 0 saturated heterocycles. The van der Waals surface area contributed by atoms with Crippen LogP contribution in [0.3, 0.4) is 0 Å². The average Bonchev–Trinajstić information content (AvgIpc) is 3.31. The summed E-state index contributed by atoms with van der Waals surface area (Å²) in [6.45, 7) is 0. The fourth-order valence-corrected chi connectivity index (χ4v) is 4.61. The largest absolute Gasteiger partial charge is 0.445 e. The highest BCUT2D eigenvalue weighted by Gasteiger charge is 2.49. The van der Waals surface area contributed by atoms with Crippen LogP contribution in [0.25, 0.3) is 0 Å². The number of carbonyl (C=O) groups is 3. The first-order valence-corrected chi connectivity index (χ1v) is 11.0. The third kappa shape index (κ3) is 4.19. The zero-order valence-corrected chi connectivity index (χ0v) is 18.2. The molecule has 0 bridgehead atoms. The molecule has 2 aromatic rings. The summed E-state index contributed by atoms with van der Waals surface area (Å²) in [5.74, 6) is -1.38. The smallest absolute Gasteiger partial charge is 0.325 e. The third-order valence-corrected chi connectivity index (χ3v) is 6.55. The van der Waals surface area contributed by atoms with Gasteiger partial charge in [0.1, 0.15) is 10.9 Å². The first-order chi connectivity index (χ1) is 14.8. The Morgan fingerprint density at radius 3 is 2.68 bits per heavy atom. The van der Waals surface area contributed by atoms with Crippen molar-refractivity contribution in [1.29, 1.82) is 0 Å². The molecule has 1 atom stereocenters. The lowest BCUT2D eigenvalue weighted by Gasteiger charge is -2.26. The first-order valence-electron chi connectivity index (χ1n) is 9.16. The van der Waals surface area contributed by atoms with E-state index in [0.717, 1.165) is 21.5 Å². The number of nitrogens with one attached hydrogen (secondary N) is 1. The van der Waals surface area contributed by atoms with Crippen molar-refractivity contribution in [2.24, 2.45) is 15.9 Å². The molecule has 158 valence electrons. The molecule has 0 saturated carbocycles. The van der Waals surface area contributed by atoms with E-state index < -0.39 is 23.7 Å². The molecule has 1 aromatic carbocycles. The molecule has 0 aliphatic carbocycles. The number of imide groups is 1. The van der Waals surface area contributed by atoms with Gasteiger partial charge in [-0.15, -0.1) is 11.3 Å². The molecule has 3 heterocycles. The van der Waals surface area contributed by atoms with E-state index in [0.29, 0.717) is 16.6 Å². The Kier molecular flexibility index (Phi) is 5.79. The standard InChI is InChI=1S/C20H16FN5O3S2/c1-25-17-15(19(28)26(2)20(25)29)18(24-16(23-17)13-4-3-9-30-13)31-10-14(27)22-12-7-5-11(21)6-8-12/h3-9,15H,10H2,1-2H3/p+1. The van der Waals surface area contributed by atoms with Crippen molar-refractivity contribution in [3.05, 3.63) is 52.5 Å². The molecule has 8 nitrogen and oxygen atoms in total. The number of thioether (sulfide) groups is 1. The Morgan fingerprint density at radius 1 is 1.26 bits per heavy atom. The van der Waals surface area contributed by atoms with Gasteiger partial charge < -0.3 is 5.32 Å². The Hall–Kier alpha value is -3.18. The van der Waals surface area contributed by atoms with Gasteiger partial charge in [-0.05, 0) is 35.7 Å². The van der Waals surface area contributed by atoms with Crippen LogP contribution < -0.4 is 5.32 Å². The van der Waals surface area contributed by atoms with Gasteiger partial charge in [0.2, 0.25) is 11.7 Å². The van der Waals surface area contributed by atoms with Gasteiger partial charge in [-0.2, -0.15) is 9.48 Å². The summed E-state index contributed by atoms with van der Waals surface area (Å²) in [7, 11) is 2.96. The van der Waals surface area contributed by atoms with E-state index in [9.17, 15) is 18.8 Å². The number of benzene rings is 1. The van der Waals surface area contributed by atoms with Crippen molar-refractivity contribution >= 4 is 63.3 Å². The minimum atomic E-state index is -0.861. The first kappa shape index (κ1) is 21.1. The number of hydrogen-bond acceptors (Lipinski definition) is 7. The number of rotatable bonds is 4. The molecule has 2 aliphatic heterocycles. The molecule has 1 aromatic heterocycles. The fraction of sp³-hybridized carbons (Fsp3) is 0.200. The van der Waals surface area contributed by atoms with Crippen molar-refractivity contribution in [3.8, 4) is 0 Å². The third-order valence-electron chi connectivity index (χ3n) is 4.66. The van der Waals surface area contributed by atoms with Crippen molar-refractivity contribution in [3.63, 3.8) is 0 Å². The zero-order chi connectivity index (χ0) is 22.1. The molecule has 4 amide bonds. The summed E-state index contributed by atoms with van der Waals surface area (Å²) in [6.07, 6.45) is 0. The van der Waals surface area contributed by atoms with E-state index in [1.807, 2.05) is 17.5 Å². The number of amides is 4. The summed E-state index contributed by atoms with van der Waals surface area (Å²) in [5.41, 5.74) is 0.462. The number of anilines is 1. The van der Waals surface area contributed by atoms with Crippen LogP contribution in [-0.2, 0) is 9.59 Å². The Morgan fingerprint density at radius 2 is 2.00 bits per heavy atom. The van der Waals surface area contributed by atoms with E-state index in [4.69, 9.17) is 0 Å². The SMILES string of the molecule is CN1C(=O)C2C(SCC(=O)Nc3ccc(F)cc3)=NC(c3cccs3)=NC2=[N+](C)C1=O. The van der Waals surface area contributed by atoms with Crippen molar-refractivity contribution in [2.45, 2.75) is 0 Å². The topological polar surface area (TPSA) is 94.2 Å². The van der Waals surface area contributed by atoms with Crippen LogP contribution in [0.15, 0.2) is 51.8 Å². The van der Waals surface area contributed by atoms with E-state index >= 15 is 0 Å². The number of amidine groups is 2. The highest BCUT2D eigenvalue weighted by molar-refractivity contribution is 8.14. The number of thiophene rings is 1. The molecular weight excluding hydrogens is 441 g/mol. The second kappa shape index (κ2) is 8.52. The molecule has 0 radical (unpaired) electrons. The number of urea groups is 1. The second-order valence-corrected chi connectivity index (χ2v) is 8.68. The molecular formula is C20H17FN5O3S2+. The fourth-order valence-electron chi connectivity index (χ4n) is 3.07. The molecule has 11 heteroatoms. The summed E-state index contributed by atoms with van der Waals surface area (Å²) >= 11 is 2.54. The maximum atomic E-state index is 13.0. The number of halogens is 1. The minimum Gasteiger partial charge on any atom is -0.325 e. The molecule has 31 heavy (non-hydrogen) atoms. The predicted molar refractivity (Wildman–Crippen MR) is 119 cm³/mol. The van der Waals surface area contributed by atoms with Gasteiger partial charge in [0.25, 0.3) is 5.84 Å². The molecule has 2 aliphatic rings. The number of nitrogens with zero attached hydrogens (tertiary/aromatic N) is 4. The Balaban J connectivity index is 1.60. The maximum absolute atomic E-state index is 13.0. The van der Waals surface area contributed by atoms with Crippen LogP contribution in [-0.4, -0.2) is 63.9 Å². The van der Waals surface area contributed by atoms with Gasteiger partial charge in [0.05, 0.1) is 24.7 Å². The predicted octanol–water partition coefficient (Wildman–Crippen LogP) is 2.67. The van der Waals surface area contributed by atoms with Crippen LogP contribution in [0.1, 0.15) is 4.88 Å². The van der Waals surface area contributed by atoms with Crippen molar-refractivity contribution in [1.82, 2.24) is 4.90 Å². The van der Waals surface area contributed by atoms with Crippen molar-refractivity contribution < 1.29 is 23.3 Å². The van der Waals surface area contributed by atoms with Crippen LogP contribution in [0.5, 0.6) is 0 Å². The summed E-state index contributed by atoms with van der Waals surface area (Å²) in [4.78, 5) is 48.5. The van der Waals surface area contributed by atoms with Crippen molar-refractivity contribution in [2.75, 3.05) is 25.2 Å². The van der Waals surface area contributed by atoms with Crippen LogP contribution in [0.4, 0.5) is 14.9 Å². The number of hydrogen-bond donors (Lipinski definition) is 1. The van der Waals surface area contributed by atoms with Gasteiger partial charge >= 0.3 is 11.9 Å². The van der Waals surface area contributed by atoms with Gasteiger partial charge in [0.15, 0.2) is 5.92 Å². The molecule has 1 N–H and O–H groups in total. The van der Waals surface area contributed by atoms with Crippen LogP contribution in [0.2, 0.25) is 0 Å². The lowest BCUT2D eigenvalue weighted by molar-refractivity contribution is -0.407. The lowest BCUT2D eigenvalue weighted by Crippen LogP contribution is -2.54. The zero-order valence-electron chi connectivity index (χ0n) is 16.5.